The molecule has 0 aliphatic rings. The van der Waals surface area contributed by atoms with Crippen LogP contribution >= 0.6 is 11.8 Å². The maximum Gasteiger partial charge on any atom is 0.0889 e. The van der Waals surface area contributed by atoms with E-state index in [-0.39, 0.29) is 4.75 Å². The second-order valence-corrected chi connectivity index (χ2v) is 5.41. The molecule has 78 valence electrons. The Kier molecular flexibility index (Phi) is 2.65. The predicted molar refractivity (Wildman–Crippen MR) is 66.1 cm³/mol. The van der Waals surface area contributed by atoms with Gasteiger partial charge in [-0.3, -0.25) is 4.98 Å². The van der Waals surface area contributed by atoms with Crippen LogP contribution in [0.25, 0.3) is 10.9 Å². The molecule has 2 aromatic heterocycles. The molecule has 0 unspecified atom stereocenters. The Bertz CT molecular complexity index is 480. The van der Waals surface area contributed by atoms with E-state index in [0.717, 1.165) is 16.6 Å². The summed E-state index contributed by atoms with van der Waals surface area (Å²) in [6.45, 7) is 4.37. The van der Waals surface area contributed by atoms with Gasteiger partial charge in [-0.2, -0.15) is 11.8 Å². The highest BCUT2D eigenvalue weighted by Gasteiger charge is 2.20. The number of pyridine rings is 2. The number of nitrogens with zero attached hydrogens (tertiary/aromatic N) is 2. The van der Waals surface area contributed by atoms with E-state index >= 15 is 0 Å². The summed E-state index contributed by atoms with van der Waals surface area (Å²) >= 11 is 1.81. The maximum absolute atomic E-state index is 4.63. The molecule has 2 heterocycles. The highest BCUT2D eigenvalue weighted by atomic mass is 32.2. The van der Waals surface area contributed by atoms with Gasteiger partial charge in [0.1, 0.15) is 0 Å². The largest absolute Gasteiger partial charge is 0.262 e. The summed E-state index contributed by atoms with van der Waals surface area (Å²) < 4.78 is 0.0596. The third-order valence-corrected chi connectivity index (χ3v) is 3.85. The summed E-state index contributed by atoms with van der Waals surface area (Å²) in [5.41, 5.74) is 2.08. The predicted octanol–water partition coefficient (Wildman–Crippen LogP) is 3.23. The van der Waals surface area contributed by atoms with E-state index in [0.29, 0.717) is 0 Å². The molecular formula is C12H14N2S. The van der Waals surface area contributed by atoms with Crippen LogP contribution in [0, 0.1) is 0 Å². The normalized spacial score (nSPS) is 11.9. The lowest BCUT2D eigenvalue weighted by Gasteiger charge is -2.21. The van der Waals surface area contributed by atoms with Crippen LogP contribution in [0.15, 0.2) is 30.6 Å². The molecule has 0 bridgehead atoms. The van der Waals surface area contributed by atoms with Gasteiger partial charge in [-0.15, -0.1) is 0 Å². The van der Waals surface area contributed by atoms with Crippen molar-refractivity contribution in [3.63, 3.8) is 0 Å². The number of hydrogen-bond donors (Lipinski definition) is 0. The van der Waals surface area contributed by atoms with Gasteiger partial charge in [0.2, 0.25) is 0 Å². The van der Waals surface area contributed by atoms with Gasteiger partial charge in [-0.1, -0.05) is 6.07 Å². The van der Waals surface area contributed by atoms with Gasteiger partial charge < -0.3 is 0 Å². The minimum Gasteiger partial charge on any atom is -0.262 e. The monoisotopic (exact) mass is 218 g/mol. The summed E-state index contributed by atoms with van der Waals surface area (Å²) in [7, 11) is 0. The van der Waals surface area contributed by atoms with E-state index in [1.165, 1.54) is 0 Å². The molecule has 0 radical (unpaired) electrons. The fourth-order valence-corrected chi connectivity index (χ4v) is 1.73. The first-order valence-electron chi connectivity index (χ1n) is 4.90. The molecule has 0 aromatic carbocycles. The lowest BCUT2D eigenvalue weighted by molar-refractivity contribution is 0.754. The Morgan fingerprint density at radius 1 is 1.20 bits per heavy atom. The standard InChI is InChI=1S/C12H14N2S/c1-12(2,15-3)11-5-4-9-6-7-13-8-10(9)14-11/h4-8H,1-3H3. The minimum absolute atomic E-state index is 0.0596. The van der Waals surface area contributed by atoms with E-state index in [9.17, 15) is 0 Å². The zero-order valence-corrected chi connectivity index (χ0v) is 10.0. The van der Waals surface area contributed by atoms with E-state index in [2.05, 4.69) is 42.2 Å². The first kappa shape index (κ1) is 10.4. The molecule has 0 aliphatic carbocycles. The van der Waals surface area contributed by atoms with E-state index in [1.54, 1.807) is 18.0 Å². The van der Waals surface area contributed by atoms with Crippen LogP contribution in [-0.2, 0) is 4.75 Å². The van der Waals surface area contributed by atoms with Crippen molar-refractivity contribution < 1.29 is 0 Å². The zero-order valence-electron chi connectivity index (χ0n) is 9.19. The van der Waals surface area contributed by atoms with Crippen molar-refractivity contribution in [1.82, 2.24) is 9.97 Å². The van der Waals surface area contributed by atoms with Crippen LogP contribution in [0.2, 0.25) is 0 Å². The van der Waals surface area contributed by atoms with Gasteiger partial charge in [0.25, 0.3) is 0 Å². The molecule has 15 heavy (non-hydrogen) atoms. The lowest BCUT2D eigenvalue weighted by atomic mass is 10.1. The molecule has 0 aliphatic heterocycles. The van der Waals surface area contributed by atoms with E-state index in [4.69, 9.17) is 0 Å². The van der Waals surface area contributed by atoms with Gasteiger partial charge in [-0.25, -0.2) is 4.98 Å². The maximum atomic E-state index is 4.63. The average Bonchev–Trinajstić information content (AvgIpc) is 2.28. The molecule has 0 saturated carbocycles. The van der Waals surface area contributed by atoms with Gasteiger partial charge in [-0.05, 0) is 32.2 Å². The molecule has 3 heteroatoms. The molecule has 2 nitrogen and oxygen atoms in total. The van der Waals surface area contributed by atoms with Crippen molar-refractivity contribution in [3.8, 4) is 0 Å². The number of aromatic nitrogens is 2. The molecule has 0 amide bonds. The third kappa shape index (κ3) is 1.97. The molecule has 2 rings (SSSR count). The van der Waals surface area contributed by atoms with Gasteiger partial charge in [0.15, 0.2) is 0 Å². The van der Waals surface area contributed by atoms with Crippen molar-refractivity contribution in [3.05, 3.63) is 36.3 Å². The van der Waals surface area contributed by atoms with Gasteiger partial charge >= 0.3 is 0 Å². The molecule has 0 fully saturated rings. The number of hydrogen-bond acceptors (Lipinski definition) is 3. The SMILES string of the molecule is CSC(C)(C)c1ccc2ccncc2n1. The Hall–Kier alpha value is -1.09. The summed E-state index contributed by atoms with van der Waals surface area (Å²) in [6.07, 6.45) is 5.72. The van der Waals surface area contributed by atoms with Crippen molar-refractivity contribution in [2.75, 3.05) is 6.26 Å². The third-order valence-electron chi connectivity index (χ3n) is 2.62. The van der Waals surface area contributed by atoms with Crippen molar-refractivity contribution in [1.29, 1.82) is 0 Å². The topological polar surface area (TPSA) is 25.8 Å². The summed E-state index contributed by atoms with van der Waals surface area (Å²) in [6, 6.07) is 6.19. The van der Waals surface area contributed by atoms with Crippen LogP contribution in [0.4, 0.5) is 0 Å². The van der Waals surface area contributed by atoms with Crippen molar-refractivity contribution in [2.45, 2.75) is 18.6 Å². The van der Waals surface area contributed by atoms with Crippen LogP contribution < -0.4 is 0 Å². The van der Waals surface area contributed by atoms with Gasteiger partial charge in [0, 0.05) is 11.6 Å². The van der Waals surface area contributed by atoms with Crippen LogP contribution in [0.3, 0.4) is 0 Å². The Morgan fingerprint density at radius 2 is 2.00 bits per heavy atom. The number of rotatable bonds is 2. The van der Waals surface area contributed by atoms with Crippen molar-refractivity contribution >= 4 is 22.7 Å². The van der Waals surface area contributed by atoms with Crippen LogP contribution in [0.5, 0.6) is 0 Å². The molecule has 0 saturated heterocycles. The smallest absolute Gasteiger partial charge is 0.0889 e. The lowest BCUT2D eigenvalue weighted by Crippen LogP contribution is -2.13. The Morgan fingerprint density at radius 3 is 2.73 bits per heavy atom. The second-order valence-electron chi connectivity index (χ2n) is 3.98. The Balaban J connectivity index is 2.56. The second kappa shape index (κ2) is 3.81. The first-order chi connectivity index (χ1) is 7.13. The molecule has 0 N–H and O–H groups in total. The fourth-order valence-electron chi connectivity index (χ4n) is 1.41. The molecule has 0 atom stereocenters. The highest BCUT2D eigenvalue weighted by Crippen LogP contribution is 2.32. The van der Waals surface area contributed by atoms with Crippen LogP contribution in [0.1, 0.15) is 19.5 Å². The zero-order chi connectivity index (χ0) is 10.9. The summed E-state index contributed by atoms with van der Waals surface area (Å²) in [5, 5.41) is 1.14. The minimum atomic E-state index is 0.0596. The Labute approximate surface area is 94.1 Å². The van der Waals surface area contributed by atoms with E-state index < -0.39 is 0 Å². The molecular weight excluding hydrogens is 204 g/mol. The average molecular weight is 218 g/mol. The van der Waals surface area contributed by atoms with Gasteiger partial charge in [0.05, 0.1) is 22.2 Å². The fraction of sp³-hybridized carbons (Fsp3) is 0.333. The summed E-state index contributed by atoms with van der Waals surface area (Å²) in [5.74, 6) is 0. The summed E-state index contributed by atoms with van der Waals surface area (Å²) in [4.78, 5) is 8.73. The van der Waals surface area contributed by atoms with E-state index in [1.807, 2.05) is 12.3 Å². The first-order valence-corrected chi connectivity index (χ1v) is 6.12. The molecule has 0 spiro atoms. The number of thioether (sulfide) groups is 1. The van der Waals surface area contributed by atoms with Crippen LogP contribution in [-0.4, -0.2) is 16.2 Å². The quantitative estimate of drug-likeness (QED) is 0.774. The van der Waals surface area contributed by atoms with Crippen molar-refractivity contribution in [2.24, 2.45) is 0 Å². The molecule has 2 aromatic rings. The highest BCUT2D eigenvalue weighted by molar-refractivity contribution is 7.99. The number of fused-ring (bicyclic) bond motifs is 1.